The van der Waals surface area contributed by atoms with Crippen molar-refractivity contribution in [2.45, 2.75) is 12.6 Å². The van der Waals surface area contributed by atoms with Crippen LogP contribution in [-0.4, -0.2) is 68.6 Å². The first-order chi connectivity index (χ1) is 10.7. The summed E-state index contributed by atoms with van der Waals surface area (Å²) in [6.07, 6.45) is 8.92. The SMILES string of the molecule is CN1CCN(C(=O)NCCn2ccnc2)C[C@@H]1c1ncc[nH]1. The zero-order chi connectivity index (χ0) is 15.4. The van der Waals surface area contributed by atoms with E-state index in [1.807, 2.05) is 21.9 Å². The Morgan fingerprint density at radius 1 is 1.45 bits per heavy atom. The van der Waals surface area contributed by atoms with Crippen LogP contribution in [0.5, 0.6) is 0 Å². The summed E-state index contributed by atoms with van der Waals surface area (Å²) >= 11 is 0. The second kappa shape index (κ2) is 6.61. The van der Waals surface area contributed by atoms with E-state index in [1.54, 1.807) is 18.7 Å². The second-order valence-corrected chi connectivity index (χ2v) is 5.45. The van der Waals surface area contributed by atoms with Gasteiger partial charge in [0.25, 0.3) is 0 Å². The molecule has 0 unspecified atom stereocenters. The summed E-state index contributed by atoms with van der Waals surface area (Å²) in [7, 11) is 2.06. The van der Waals surface area contributed by atoms with Gasteiger partial charge in [0, 0.05) is 57.5 Å². The summed E-state index contributed by atoms with van der Waals surface area (Å²) < 4.78 is 1.94. The highest BCUT2D eigenvalue weighted by Gasteiger charge is 2.29. The van der Waals surface area contributed by atoms with Gasteiger partial charge in [-0.2, -0.15) is 0 Å². The molecule has 1 aliphatic heterocycles. The molecule has 1 atom stereocenters. The normalized spacial score (nSPS) is 19.3. The van der Waals surface area contributed by atoms with E-state index in [4.69, 9.17) is 0 Å². The number of imidazole rings is 2. The van der Waals surface area contributed by atoms with Gasteiger partial charge in [0.15, 0.2) is 0 Å². The molecular weight excluding hydrogens is 282 g/mol. The number of piperazine rings is 1. The fraction of sp³-hybridized carbons (Fsp3) is 0.500. The van der Waals surface area contributed by atoms with Crippen LogP contribution in [0.25, 0.3) is 0 Å². The molecule has 2 amide bonds. The number of hydrogen-bond donors (Lipinski definition) is 2. The van der Waals surface area contributed by atoms with Crippen LogP contribution in [0.15, 0.2) is 31.1 Å². The quantitative estimate of drug-likeness (QED) is 0.851. The molecule has 1 saturated heterocycles. The third-order valence-corrected chi connectivity index (χ3v) is 3.98. The zero-order valence-corrected chi connectivity index (χ0v) is 12.6. The van der Waals surface area contributed by atoms with Gasteiger partial charge in [0.2, 0.25) is 0 Å². The van der Waals surface area contributed by atoms with Gasteiger partial charge in [-0.15, -0.1) is 0 Å². The molecule has 3 heterocycles. The van der Waals surface area contributed by atoms with Crippen molar-refractivity contribution in [2.75, 3.05) is 33.2 Å². The Morgan fingerprint density at radius 2 is 2.36 bits per heavy atom. The minimum Gasteiger partial charge on any atom is -0.347 e. The molecule has 8 heteroatoms. The number of hydrogen-bond acceptors (Lipinski definition) is 4. The number of amides is 2. The number of rotatable bonds is 4. The number of urea groups is 1. The number of nitrogens with one attached hydrogen (secondary N) is 2. The van der Waals surface area contributed by atoms with Crippen LogP contribution in [0.4, 0.5) is 4.79 Å². The van der Waals surface area contributed by atoms with E-state index >= 15 is 0 Å². The van der Waals surface area contributed by atoms with Crippen molar-refractivity contribution in [2.24, 2.45) is 0 Å². The first-order valence-corrected chi connectivity index (χ1v) is 7.42. The maximum atomic E-state index is 12.3. The zero-order valence-electron chi connectivity index (χ0n) is 12.6. The molecule has 2 aromatic rings. The molecule has 118 valence electrons. The largest absolute Gasteiger partial charge is 0.347 e. The van der Waals surface area contributed by atoms with Gasteiger partial charge in [-0.05, 0) is 7.05 Å². The van der Waals surface area contributed by atoms with Crippen molar-refractivity contribution in [3.63, 3.8) is 0 Å². The summed E-state index contributed by atoms with van der Waals surface area (Å²) in [5.41, 5.74) is 0. The van der Waals surface area contributed by atoms with Crippen molar-refractivity contribution in [1.82, 2.24) is 34.6 Å². The van der Waals surface area contributed by atoms with Gasteiger partial charge in [0.1, 0.15) is 5.82 Å². The first kappa shape index (κ1) is 14.6. The van der Waals surface area contributed by atoms with E-state index < -0.39 is 0 Å². The Kier molecular flexibility index (Phi) is 4.38. The lowest BCUT2D eigenvalue weighted by atomic mass is 10.1. The van der Waals surface area contributed by atoms with Crippen LogP contribution < -0.4 is 5.32 Å². The lowest BCUT2D eigenvalue weighted by Gasteiger charge is -2.38. The van der Waals surface area contributed by atoms with E-state index in [0.29, 0.717) is 13.1 Å². The van der Waals surface area contributed by atoms with E-state index in [0.717, 1.165) is 25.5 Å². The van der Waals surface area contributed by atoms with Gasteiger partial charge in [-0.25, -0.2) is 14.8 Å². The van der Waals surface area contributed by atoms with Crippen molar-refractivity contribution >= 4 is 6.03 Å². The van der Waals surface area contributed by atoms with Gasteiger partial charge in [0.05, 0.1) is 12.4 Å². The van der Waals surface area contributed by atoms with Gasteiger partial charge in [-0.1, -0.05) is 0 Å². The van der Waals surface area contributed by atoms with E-state index in [-0.39, 0.29) is 12.1 Å². The molecule has 2 N–H and O–H groups in total. The molecule has 0 aliphatic carbocycles. The van der Waals surface area contributed by atoms with Crippen molar-refractivity contribution < 1.29 is 4.79 Å². The van der Waals surface area contributed by atoms with Crippen molar-refractivity contribution in [1.29, 1.82) is 0 Å². The average molecular weight is 303 g/mol. The number of aromatic amines is 1. The maximum Gasteiger partial charge on any atom is 0.317 e. The average Bonchev–Trinajstić information content (AvgIpc) is 3.21. The molecule has 0 bridgehead atoms. The Hall–Kier alpha value is -2.35. The Labute approximate surface area is 129 Å². The molecule has 0 saturated carbocycles. The Balaban J connectivity index is 1.52. The van der Waals surface area contributed by atoms with E-state index in [2.05, 4.69) is 32.2 Å². The number of carbonyl (C=O) groups is 1. The number of H-pyrrole nitrogens is 1. The lowest BCUT2D eigenvalue weighted by Crippen LogP contribution is -2.52. The molecule has 1 fully saturated rings. The van der Waals surface area contributed by atoms with Crippen molar-refractivity contribution in [3.05, 3.63) is 36.9 Å². The predicted octanol–water partition coefficient (Wildman–Crippen LogP) is 0.305. The Bertz CT molecular complexity index is 580. The number of aromatic nitrogens is 4. The van der Waals surface area contributed by atoms with Gasteiger partial charge >= 0.3 is 6.03 Å². The highest BCUT2D eigenvalue weighted by atomic mass is 16.2. The summed E-state index contributed by atoms with van der Waals surface area (Å²) in [5.74, 6) is 0.901. The summed E-state index contributed by atoms with van der Waals surface area (Å²) in [4.78, 5) is 27.8. The number of nitrogens with zero attached hydrogens (tertiary/aromatic N) is 5. The monoisotopic (exact) mass is 303 g/mol. The van der Waals surface area contributed by atoms with E-state index in [9.17, 15) is 4.79 Å². The van der Waals surface area contributed by atoms with Crippen LogP contribution in [0.3, 0.4) is 0 Å². The second-order valence-electron chi connectivity index (χ2n) is 5.45. The van der Waals surface area contributed by atoms with Gasteiger partial charge in [-0.3, -0.25) is 4.90 Å². The molecular formula is C14H21N7O. The molecule has 22 heavy (non-hydrogen) atoms. The standard InChI is InChI=1S/C14H21N7O/c1-19-8-9-21(10-12(19)13-16-2-3-17-13)14(22)18-5-7-20-6-4-15-11-20/h2-4,6,11-12H,5,7-10H2,1H3,(H,16,17)(H,18,22)/t12-/m1/s1. The molecule has 3 rings (SSSR count). The number of carbonyl (C=O) groups excluding carboxylic acids is 1. The third-order valence-electron chi connectivity index (χ3n) is 3.98. The molecule has 0 aromatic carbocycles. The molecule has 1 aliphatic rings. The summed E-state index contributed by atoms with van der Waals surface area (Å²) in [6.45, 7) is 3.51. The fourth-order valence-corrected chi connectivity index (χ4v) is 2.64. The lowest BCUT2D eigenvalue weighted by molar-refractivity contribution is 0.106. The molecule has 0 spiro atoms. The predicted molar refractivity (Wildman–Crippen MR) is 81.2 cm³/mol. The van der Waals surface area contributed by atoms with Crippen LogP contribution in [0, 0.1) is 0 Å². The molecule has 2 aromatic heterocycles. The highest BCUT2D eigenvalue weighted by Crippen LogP contribution is 2.20. The highest BCUT2D eigenvalue weighted by molar-refractivity contribution is 5.74. The minimum atomic E-state index is -0.0234. The third kappa shape index (κ3) is 3.28. The van der Waals surface area contributed by atoms with Crippen LogP contribution in [0.2, 0.25) is 0 Å². The Morgan fingerprint density at radius 3 is 3.09 bits per heavy atom. The van der Waals surface area contributed by atoms with Crippen LogP contribution in [0.1, 0.15) is 11.9 Å². The summed E-state index contributed by atoms with van der Waals surface area (Å²) in [6, 6.07) is 0.0907. The van der Waals surface area contributed by atoms with Gasteiger partial charge < -0.3 is 19.8 Å². The van der Waals surface area contributed by atoms with Crippen LogP contribution in [-0.2, 0) is 6.54 Å². The number of likely N-dealkylation sites (N-methyl/N-ethyl adjacent to an activating group) is 1. The maximum absolute atomic E-state index is 12.3. The molecule has 8 nitrogen and oxygen atoms in total. The molecule has 0 radical (unpaired) electrons. The smallest absolute Gasteiger partial charge is 0.317 e. The topological polar surface area (TPSA) is 82.1 Å². The first-order valence-electron chi connectivity index (χ1n) is 7.42. The minimum absolute atomic E-state index is 0.0234. The summed E-state index contributed by atoms with van der Waals surface area (Å²) in [5, 5.41) is 2.96. The van der Waals surface area contributed by atoms with Crippen LogP contribution >= 0.6 is 0 Å². The van der Waals surface area contributed by atoms with Crippen molar-refractivity contribution in [3.8, 4) is 0 Å². The van der Waals surface area contributed by atoms with E-state index in [1.165, 1.54) is 0 Å². The fourth-order valence-electron chi connectivity index (χ4n) is 2.64.